The molecule has 0 bridgehead atoms. The van der Waals surface area contributed by atoms with Crippen LogP contribution in [0.3, 0.4) is 0 Å². The zero-order valence-electron chi connectivity index (χ0n) is 6.74. The number of nitrogens with zero attached hydrogens (tertiary/aromatic N) is 1. The van der Waals surface area contributed by atoms with Crippen molar-refractivity contribution in [3.05, 3.63) is 35.4 Å². The van der Waals surface area contributed by atoms with Gasteiger partial charge in [-0.15, -0.1) is 0 Å². The van der Waals surface area contributed by atoms with Crippen LogP contribution in [-0.4, -0.2) is 6.43 Å². The number of alkyl halides is 2. The van der Waals surface area contributed by atoms with Crippen LogP contribution in [0.15, 0.2) is 24.3 Å². The summed E-state index contributed by atoms with van der Waals surface area (Å²) in [4.78, 5) is 0. The van der Waals surface area contributed by atoms with E-state index >= 15 is 0 Å². The number of benzene rings is 1. The molecule has 1 aromatic carbocycles. The SMILES string of the molecule is N#Cc1ccccc1[C@@H](N)C(F)F. The fourth-order valence-electron chi connectivity index (χ4n) is 1.03. The molecule has 0 unspecified atom stereocenters. The number of nitrogens with two attached hydrogens (primary N) is 1. The number of hydrogen-bond acceptors (Lipinski definition) is 2. The number of hydrogen-bond donors (Lipinski definition) is 1. The Morgan fingerprint density at radius 1 is 1.31 bits per heavy atom. The van der Waals surface area contributed by atoms with Gasteiger partial charge in [0.2, 0.25) is 0 Å². The lowest BCUT2D eigenvalue weighted by Crippen LogP contribution is -2.19. The van der Waals surface area contributed by atoms with Gasteiger partial charge in [0.15, 0.2) is 0 Å². The molecule has 1 atom stereocenters. The Morgan fingerprint density at radius 2 is 1.92 bits per heavy atom. The summed E-state index contributed by atoms with van der Waals surface area (Å²) >= 11 is 0. The molecular formula is C9H8F2N2. The fourth-order valence-corrected chi connectivity index (χ4v) is 1.03. The summed E-state index contributed by atoms with van der Waals surface area (Å²) in [6.45, 7) is 0. The molecule has 0 aromatic heterocycles. The molecule has 0 amide bonds. The standard InChI is InChI=1S/C9H8F2N2/c10-9(11)8(13)7-4-2-1-3-6(7)5-12/h1-4,8-9H,13H2/t8-/m1/s1. The summed E-state index contributed by atoms with van der Waals surface area (Å²) < 4.78 is 24.4. The molecule has 4 heteroatoms. The zero-order chi connectivity index (χ0) is 9.84. The van der Waals surface area contributed by atoms with Crippen molar-refractivity contribution in [1.29, 1.82) is 5.26 Å². The van der Waals surface area contributed by atoms with E-state index in [-0.39, 0.29) is 11.1 Å². The van der Waals surface area contributed by atoms with Gasteiger partial charge in [-0.1, -0.05) is 18.2 Å². The second-order valence-corrected chi connectivity index (χ2v) is 2.56. The zero-order valence-corrected chi connectivity index (χ0v) is 6.74. The Hall–Kier alpha value is -1.47. The predicted octanol–water partition coefficient (Wildman–Crippen LogP) is 1.82. The average molecular weight is 182 g/mol. The smallest absolute Gasteiger partial charge is 0.257 e. The van der Waals surface area contributed by atoms with E-state index < -0.39 is 12.5 Å². The lowest BCUT2D eigenvalue weighted by Gasteiger charge is -2.11. The van der Waals surface area contributed by atoms with E-state index in [1.165, 1.54) is 12.1 Å². The molecule has 0 saturated carbocycles. The van der Waals surface area contributed by atoms with E-state index in [9.17, 15) is 8.78 Å². The van der Waals surface area contributed by atoms with Crippen LogP contribution < -0.4 is 5.73 Å². The van der Waals surface area contributed by atoms with Crippen molar-refractivity contribution in [2.45, 2.75) is 12.5 Å². The lowest BCUT2D eigenvalue weighted by atomic mass is 10.0. The molecule has 0 aliphatic heterocycles. The molecule has 0 fully saturated rings. The van der Waals surface area contributed by atoms with Gasteiger partial charge >= 0.3 is 0 Å². The lowest BCUT2D eigenvalue weighted by molar-refractivity contribution is 0.116. The molecule has 1 aromatic rings. The van der Waals surface area contributed by atoms with Crippen molar-refractivity contribution >= 4 is 0 Å². The first-order valence-electron chi connectivity index (χ1n) is 3.69. The van der Waals surface area contributed by atoms with Gasteiger partial charge in [0.25, 0.3) is 6.43 Å². The van der Waals surface area contributed by atoms with E-state index in [1.807, 2.05) is 6.07 Å². The van der Waals surface area contributed by atoms with Crippen molar-refractivity contribution in [3.63, 3.8) is 0 Å². The minimum absolute atomic E-state index is 0.194. The maximum atomic E-state index is 12.2. The molecule has 0 saturated heterocycles. The molecule has 0 aliphatic rings. The second kappa shape index (κ2) is 3.97. The van der Waals surface area contributed by atoms with Crippen LogP contribution >= 0.6 is 0 Å². The minimum Gasteiger partial charge on any atom is -0.319 e. The quantitative estimate of drug-likeness (QED) is 0.758. The van der Waals surface area contributed by atoms with Gasteiger partial charge in [-0.3, -0.25) is 0 Å². The first-order chi connectivity index (χ1) is 6.16. The Morgan fingerprint density at radius 3 is 2.46 bits per heavy atom. The third kappa shape index (κ3) is 2.01. The summed E-state index contributed by atoms with van der Waals surface area (Å²) in [5, 5.41) is 8.60. The van der Waals surface area contributed by atoms with Crippen LogP contribution in [0, 0.1) is 11.3 Å². The van der Waals surface area contributed by atoms with Gasteiger partial charge in [0, 0.05) is 0 Å². The first kappa shape index (κ1) is 9.62. The summed E-state index contributed by atoms with van der Waals surface area (Å²) in [5.41, 5.74) is 5.61. The van der Waals surface area contributed by atoms with Gasteiger partial charge in [0.05, 0.1) is 17.7 Å². The highest BCUT2D eigenvalue weighted by atomic mass is 19.3. The second-order valence-electron chi connectivity index (χ2n) is 2.56. The van der Waals surface area contributed by atoms with Crippen LogP contribution in [-0.2, 0) is 0 Å². The van der Waals surface area contributed by atoms with Crippen molar-refractivity contribution in [2.75, 3.05) is 0 Å². The molecule has 0 heterocycles. The molecule has 68 valence electrons. The van der Waals surface area contributed by atoms with Crippen molar-refractivity contribution in [2.24, 2.45) is 5.73 Å². The first-order valence-corrected chi connectivity index (χ1v) is 3.69. The van der Waals surface area contributed by atoms with Crippen molar-refractivity contribution in [3.8, 4) is 6.07 Å². The molecule has 2 N–H and O–H groups in total. The van der Waals surface area contributed by atoms with Crippen LogP contribution in [0.25, 0.3) is 0 Å². The van der Waals surface area contributed by atoms with Crippen molar-refractivity contribution in [1.82, 2.24) is 0 Å². The van der Waals surface area contributed by atoms with Crippen LogP contribution in [0.5, 0.6) is 0 Å². The minimum atomic E-state index is -2.64. The van der Waals surface area contributed by atoms with Gasteiger partial charge in [-0.25, -0.2) is 8.78 Å². The Balaban J connectivity index is 3.07. The highest BCUT2D eigenvalue weighted by Crippen LogP contribution is 2.20. The Bertz CT molecular complexity index is 331. The van der Waals surface area contributed by atoms with E-state index in [4.69, 9.17) is 11.0 Å². The Kier molecular flexibility index (Phi) is 2.93. The number of rotatable bonds is 2. The molecule has 0 spiro atoms. The predicted molar refractivity (Wildman–Crippen MR) is 44.1 cm³/mol. The maximum Gasteiger partial charge on any atom is 0.257 e. The molecule has 13 heavy (non-hydrogen) atoms. The molecule has 0 aliphatic carbocycles. The normalized spacial score (nSPS) is 12.5. The topological polar surface area (TPSA) is 49.8 Å². The van der Waals surface area contributed by atoms with E-state index in [2.05, 4.69) is 0 Å². The monoisotopic (exact) mass is 182 g/mol. The van der Waals surface area contributed by atoms with Gasteiger partial charge in [0.1, 0.15) is 0 Å². The van der Waals surface area contributed by atoms with E-state index in [0.717, 1.165) is 0 Å². The molecule has 2 nitrogen and oxygen atoms in total. The van der Waals surface area contributed by atoms with E-state index in [0.29, 0.717) is 0 Å². The summed E-state index contributed by atoms with van der Waals surface area (Å²) in [7, 11) is 0. The highest BCUT2D eigenvalue weighted by Gasteiger charge is 2.19. The molecular weight excluding hydrogens is 174 g/mol. The molecule has 0 radical (unpaired) electrons. The van der Waals surface area contributed by atoms with Crippen molar-refractivity contribution < 1.29 is 8.78 Å². The fraction of sp³-hybridized carbons (Fsp3) is 0.222. The summed E-state index contributed by atoms with van der Waals surface area (Å²) in [6, 6.07) is 6.54. The number of halogens is 2. The van der Waals surface area contributed by atoms with Crippen LogP contribution in [0.4, 0.5) is 8.78 Å². The third-order valence-electron chi connectivity index (χ3n) is 1.71. The number of nitriles is 1. The maximum absolute atomic E-state index is 12.2. The van der Waals surface area contributed by atoms with Gasteiger partial charge < -0.3 is 5.73 Å². The molecule has 1 rings (SSSR count). The highest BCUT2D eigenvalue weighted by molar-refractivity contribution is 5.39. The summed E-state index contributed by atoms with van der Waals surface area (Å²) in [5.74, 6) is 0. The van der Waals surface area contributed by atoms with Crippen LogP contribution in [0.1, 0.15) is 17.2 Å². The Labute approximate surface area is 74.6 Å². The van der Waals surface area contributed by atoms with E-state index in [1.54, 1.807) is 12.1 Å². The van der Waals surface area contributed by atoms with Gasteiger partial charge in [-0.2, -0.15) is 5.26 Å². The van der Waals surface area contributed by atoms with Gasteiger partial charge in [-0.05, 0) is 11.6 Å². The summed E-state index contributed by atoms with van der Waals surface area (Å²) in [6.07, 6.45) is -2.64. The third-order valence-corrected chi connectivity index (χ3v) is 1.71. The average Bonchev–Trinajstić information content (AvgIpc) is 2.16. The van der Waals surface area contributed by atoms with Crippen LogP contribution in [0.2, 0.25) is 0 Å². The largest absolute Gasteiger partial charge is 0.319 e.